The predicted molar refractivity (Wildman–Crippen MR) is 136 cm³/mol. The molecule has 180 valence electrons. The van der Waals surface area contributed by atoms with Gasteiger partial charge in [0.15, 0.2) is 22.4 Å². The molecule has 0 unspecified atom stereocenters. The minimum absolute atomic E-state index is 0.142. The number of esters is 1. The van der Waals surface area contributed by atoms with E-state index in [4.69, 9.17) is 32.2 Å². The Morgan fingerprint density at radius 2 is 1.71 bits per heavy atom. The summed E-state index contributed by atoms with van der Waals surface area (Å²) in [7, 11) is 2.90. The molecule has 0 bridgehead atoms. The quantitative estimate of drug-likeness (QED) is 0.122. The molecule has 0 saturated carbocycles. The summed E-state index contributed by atoms with van der Waals surface area (Å²) < 4.78 is 16.7. The second-order valence-electron chi connectivity index (χ2n) is 6.42. The molecule has 34 heavy (non-hydrogen) atoms. The number of rotatable bonds is 7. The lowest BCUT2D eigenvalue weighted by atomic mass is 10.1. The van der Waals surface area contributed by atoms with Crippen molar-refractivity contribution >= 4 is 73.0 Å². The van der Waals surface area contributed by atoms with Crippen molar-refractivity contribution in [3.8, 4) is 17.2 Å². The van der Waals surface area contributed by atoms with Gasteiger partial charge in [0.2, 0.25) is 0 Å². The van der Waals surface area contributed by atoms with E-state index in [-0.39, 0.29) is 22.1 Å². The normalized spacial score (nSPS) is 10.7. The van der Waals surface area contributed by atoms with Gasteiger partial charge in [0.1, 0.15) is 5.70 Å². The maximum Gasteiger partial charge on any atom is 0.308 e. The molecule has 2 rings (SSSR count). The van der Waals surface area contributed by atoms with Gasteiger partial charge in [0.25, 0.3) is 11.8 Å². The van der Waals surface area contributed by atoms with Gasteiger partial charge in [0, 0.05) is 22.5 Å². The van der Waals surface area contributed by atoms with E-state index < -0.39 is 17.8 Å². The van der Waals surface area contributed by atoms with Crippen LogP contribution in [0, 0.1) is 0 Å². The number of benzene rings is 2. The van der Waals surface area contributed by atoms with Crippen LogP contribution in [0.15, 0.2) is 45.0 Å². The van der Waals surface area contributed by atoms with E-state index in [1.54, 1.807) is 18.2 Å². The molecule has 10 nitrogen and oxygen atoms in total. The fourth-order valence-corrected chi connectivity index (χ4v) is 4.00. The van der Waals surface area contributed by atoms with Gasteiger partial charge in [-0.05, 0) is 64.6 Å². The van der Waals surface area contributed by atoms with Crippen LogP contribution < -0.4 is 36.1 Å². The number of nitrogens with two attached hydrogens (primary N) is 1. The van der Waals surface area contributed by atoms with Gasteiger partial charge < -0.3 is 25.3 Å². The van der Waals surface area contributed by atoms with E-state index in [1.165, 1.54) is 39.4 Å². The standard InChI is InChI=1S/C21H20Br2N4O6S/c1-10(28)33-18-12(6-13(22)9-14(18)23)7-15(20(30)26-27-21(24)34)25-19(29)11-4-5-16(31-2)17(8-11)32-3/h4-9H,1-3H3,(H,25,29)(H,26,30)(H3,24,27,34)/b15-7+. The minimum atomic E-state index is -0.772. The van der Waals surface area contributed by atoms with Crippen LogP contribution in [-0.4, -0.2) is 37.1 Å². The molecule has 0 aliphatic carbocycles. The second kappa shape index (κ2) is 12.3. The summed E-state index contributed by atoms with van der Waals surface area (Å²) in [5.74, 6) is -1.07. The first-order valence-corrected chi connectivity index (χ1v) is 11.3. The summed E-state index contributed by atoms with van der Waals surface area (Å²) in [4.78, 5) is 37.3. The molecule has 5 N–H and O–H groups in total. The Morgan fingerprint density at radius 1 is 1.03 bits per heavy atom. The van der Waals surface area contributed by atoms with Crippen LogP contribution in [0.1, 0.15) is 22.8 Å². The topological polar surface area (TPSA) is 141 Å². The molecule has 0 radical (unpaired) electrons. The largest absolute Gasteiger partial charge is 0.493 e. The van der Waals surface area contributed by atoms with Gasteiger partial charge in [-0.25, -0.2) is 0 Å². The molecular weight excluding hydrogens is 596 g/mol. The molecule has 0 aliphatic heterocycles. The van der Waals surface area contributed by atoms with Crippen molar-refractivity contribution < 1.29 is 28.6 Å². The molecule has 2 aromatic carbocycles. The van der Waals surface area contributed by atoms with Gasteiger partial charge in [-0.3, -0.25) is 25.2 Å². The average molecular weight is 616 g/mol. The molecule has 0 heterocycles. The summed E-state index contributed by atoms with van der Waals surface area (Å²) in [5.41, 5.74) is 10.2. The third-order valence-electron chi connectivity index (χ3n) is 4.02. The van der Waals surface area contributed by atoms with Crippen LogP contribution in [-0.2, 0) is 9.59 Å². The molecule has 0 aromatic heterocycles. The Kier molecular flexibility index (Phi) is 9.83. The first-order valence-electron chi connectivity index (χ1n) is 9.34. The lowest BCUT2D eigenvalue weighted by Crippen LogP contribution is -2.47. The first kappa shape index (κ1) is 27.1. The molecule has 0 fully saturated rings. The highest BCUT2D eigenvalue weighted by Crippen LogP contribution is 2.34. The van der Waals surface area contributed by atoms with Crippen molar-refractivity contribution in [3.63, 3.8) is 0 Å². The third-order valence-corrected chi connectivity index (χ3v) is 5.17. The highest BCUT2D eigenvalue weighted by molar-refractivity contribution is 9.11. The Balaban J connectivity index is 2.52. The monoisotopic (exact) mass is 614 g/mol. The zero-order chi connectivity index (χ0) is 25.4. The van der Waals surface area contributed by atoms with E-state index in [0.29, 0.717) is 26.0 Å². The van der Waals surface area contributed by atoms with Crippen molar-refractivity contribution in [2.24, 2.45) is 5.73 Å². The highest BCUT2D eigenvalue weighted by atomic mass is 79.9. The summed E-state index contributed by atoms with van der Waals surface area (Å²) in [6.45, 7) is 1.24. The number of hydrogen-bond acceptors (Lipinski definition) is 7. The smallest absolute Gasteiger partial charge is 0.308 e. The first-order chi connectivity index (χ1) is 16.0. The molecule has 13 heteroatoms. The Hall–Kier alpha value is -3.16. The van der Waals surface area contributed by atoms with Gasteiger partial charge in [0.05, 0.1) is 18.7 Å². The number of halogens is 2. The lowest BCUT2D eigenvalue weighted by Gasteiger charge is -2.14. The molecule has 2 aromatic rings. The Labute approximate surface area is 217 Å². The number of amides is 2. The zero-order valence-corrected chi connectivity index (χ0v) is 22.1. The van der Waals surface area contributed by atoms with Crippen LogP contribution in [0.4, 0.5) is 0 Å². The summed E-state index contributed by atoms with van der Waals surface area (Å²) in [6, 6.07) is 7.76. The number of ether oxygens (including phenoxy) is 3. The van der Waals surface area contributed by atoms with Gasteiger partial charge >= 0.3 is 5.97 Å². The fraction of sp³-hybridized carbons (Fsp3) is 0.143. The van der Waals surface area contributed by atoms with E-state index in [9.17, 15) is 14.4 Å². The molecule has 0 spiro atoms. The van der Waals surface area contributed by atoms with Gasteiger partial charge in [-0.15, -0.1) is 0 Å². The summed E-state index contributed by atoms with van der Waals surface area (Å²) in [6.07, 6.45) is 1.32. The molecule has 0 saturated heterocycles. The summed E-state index contributed by atoms with van der Waals surface area (Å²) in [5, 5.41) is 2.34. The van der Waals surface area contributed by atoms with Crippen LogP contribution >= 0.6 is 44.1 Å². The molecule has 2 amide bonds. The number of thiocarbonyl (C=S) groups is 1. The third kappa shape index (κ3) is 7.43. The van der Waals surface area contributed by atoms with Crippen molar-refractivity contribution in [1.29, 1.82) is 0 Å². The Morgan fingerprint density at radius 3 is 2.29 bits per heavy atom. The number of methoxy groups -OCH3 is 2. The molecule has 0 aliphatic rings. The molecular formula is C21H20Br2N4O6S. The van der Waals surface area contributed by atoms with Crippen molar-refractivity contribution in [2.45, 2.75) is 6.92 Å². The maximum absolute atomic E-state index is 12.9. The number of carbonyl (C=O) groups is 3. The summed E-state index contributed by atoms with van der Waals surface area (Å²) >= 11 is 11.4. The SMILES string of the molecule is COc1ccc(C(=O)N/C(=C/c2cc(Br)cc(Br)c2OC(C)=O)C(=O)NNC(N)=S)cc1OC. The van der Waals surface area contributed by atoms with E-state index in [0.717, 1.165) is 0 Å². The van der Waals surface area contributed by atoms with Crippen molar-refractivity contribution in [2.75, 3.05) is 14.2 Å². The van der Waals surface area contributed by atoms with E-state index >= 15 is 0 Å². The second-order valence-corrected chi connectivity index (χ2v) is 8.63. The van der Waals surface area contributed by atoms with Crippen molar-refractivity contribution in [3.05, 3.63) is 56.1 Å². The number of hydrogen-bond donors (Lipinski definition) is 4. The van der Waals surface area contributed by atoms with Gasteiger partial charge in [-0.1, -0.05) is 15.9 Å². The lowest BCUT2D eigenvalue weighted by molar-refractivity contribution is -0.132. The number of carbonyl (C=O) groups excluding carboxylic acids is 3. The van der Waals surface area contributed by atoms with E-state index in [1.807, 2.05) is 0 Å². The average Bonchev–Trinajstić information content (AvgIpc) is 2.78. The predicted octanol–water partition coefficient (Wildman–Crippen LogP) is 2.79. The number of nitrogens with one attached hydrogen (secondary N) is 3. The van der Waals surface area contributed by atoms with Crippen LogP contribution in [0.2, 0.25) is 0 Å². The maximum atomic E-state index is 12.9. The fourth-order valence-electron chi connectivity index (χ4n) is 2.61. The van der Waals surface area contributed by atoms with Crippen LogP contribution in [0.25, 0.3) is 6.08 Å². The number of hydrazine groups is 1. The highest BCUT2D eigenvalue weighted by Gasteiger charge is 2.19. The molecule has 0 atom stereocenters. The van der Waals surface area contributed by atoms with Gasteiger partial charge in [-0.2, -0.15) is 0 Å². The minimum Gasteiger partial charge on any atom is -0.493 e. The van der Waals surface area contributed by atoms with Crippen molar-refractivity contribution in [1.82, 2.24) is 16.2 Å². The zero-order valence-electron chi connectivity index (χ0n) is 18.2. The Bertz CT molecular complexity index is 1170. The van der Waals surface area contributed by atoms with Crippen LogP contribution in [0.5, 0.6) is 17.2 Å². The van der Waals surface area contributed by atoms with Crippen LogP contribution in [0.3, 0.4) is 0 Å². The van der Waals surface area contributed by atoms with E-state index in [2.05, 4.69) is 48.0 Å².